The Morgan fingerprint density at radius 2 is 2.05 bits per heavy atom. The highest BCUT2D eigenvalue weighted by molar-refractivity contribution is 5.68. The third kappa shape index (κ3) is 4.49. The zero-order valence-electron chi connectivity index (χ0n) is 13.6. The molecular weight excluding hydrogens is 276 g/mol. The van der Waals surface area contributed by atoms with E-state index >= 15 is 0 Å². The standard InChI is InChI=1S/C18H24N2O2/c1-18(2,3)22-17(21)20-11-10-15(19-4)13-16(20)12-14-8-6-5-7-9-14/h5-9,15-16H,10-13H2,1-3H3. The maximum atomic E-state index is 12.4. The number of hydrogen-bond acceptors (Lipinski definition) is 2. The minimum absolute atomic E-state index is 0.00685. The summed E-state index contributed by atoms with van der Waals surface area (Å²) in [4.78, 5) is 17.9. The second kappa shape index (κ2) is 6.83. The molecule has 0 aliphatic carbocycles. The Hall–Kier alpha value is -2.02. The van der Waals surface area contributed by atoms with Crippen LogP contribution in [0.1, 0.15) is 39.2 Å². The van der Waals surface area contributed by atoms with Gasteiger partial charge in [0.25, 0.3) is 0 Å². The highest BCUT2D eigenvalue weighted by Crippen LogP contribution is 2.25. The van der Waals surface area contributed by atoms with Crippen molar-refractivity contribution < 1.29 is 9.53 Å². The first-order chi connectivity index (χ1) is 10.4. The molecule has 1 aromatic rings. The number of benzene rings is 1. The number of rotatable bonds is 2. The average molecular weight is 300 g/mol. The van der Waals surface area contributed by atoms with E-state index < -0.39 is 5.60 Å². The molecule has 4 nitrogen and oxygen atoms in total. The lowest BCUT2D eigenvalue weighted by Crippen LogP contribution is -2.49. The Balaban J connectivity index is 2.12. The molecule has 0 saturated carbocycles. The van der Waals surface area contributed by atoms with Crippen molar-refractivity contribution in [3.8, 4) is 0 Å². The summed E-state index contributed by atoms with van der Waals surface area (Å²) in [6, 6.07) is 10.2. The van der Waals surface area contributed by atoms with Gasteiger partial charge in [-0.05, 0) is 32.8 Å². The van der Waals surface area contributed by atoms with Gasteiger partial charge in [-0.25, -0.2) is 11.4 Å². The molecule has 1 saturated heterocycles. The molecule has 0 radical (unpaired) electrons. The van der Waals surface area contributed by atoms with E-state index in [2.05, 4.69) is 17.0 Å². The summed E-state index contributed by atoms with van der Waals surface area (Å²) in [7, 11) is 0. The quantitative estimate of drug-likeness (QED) is 0.776. The van der Waals surface area contributed by atoms with E-state index in [9.17, 15) is 4.79 Å². The van der Waals surface area contributed by atoms with E-state index in [4.69, 9.17) is 11.3 Å². The number of nitrogens with zero attached hydrogens (tertiary/aromatic N) is 2. The lowest BCUT2D eigenvalue weighted by Gasteiger charge is -2.37. The fourth-order valence-electron chi connectivity index (χ4n) is 2.79. The van der Waals surface area contributed by atoms with Crippen LogP contribution in [0.25, 0.3) is 4.85 Å². The van der Waals surface area contributed by atoms with Crippen molar-refractivity contribution in [1.82, 2.24) is 4.90 Å². The smallest absolute Gasteiger partial charge is 0.410 e. The van der Waals surface area contributed by atoms with E-state index in [1.54, 1.807) is 4.90 Å². The summed E-state index contributed by atoms with van der Waals surface area (Å²) in [5.41, 5.74) is 0.692. The second-order valence-electron chi connectivity index (χ2n) is 6.82. The van der Waals surface area contributed by atoms with Crippen LogP contribution in [0, 0.1) is 6.57 Å². The first kappa shape index (κ1) is 16.4. The minimum Gasteiger partial charge on any atom is -0.444 e. The molecule has 1 aliphatic rings. The molecule has 1 amide bonds. The molecule has 1 heterocycles. The van der Waals surface area contributed by atoms with Crippen LogP contribution >= 0.6 is 0 Å². The maximum absolute atomic E-state index is 12.4. The molecule has 2 unspecified atom stereocenters. The number of carbonyl (C=O) groups excluding carboxylic acids is 1. The SMILES string of the molecule is [C-]#[N+]C1CCN(C(=O)OC(C)(C)C)C(Cc2ccccc2)C1. The van der Waals surface area contributed by atoms with Crippen molar-refractivity contribution in [3.05, 3.63) is 47.3 Å². The summed E-state index contributed by atoms with van der Waals surface area (Å²) in [5, 5.41) is 0. The fourth-order valence-corrected chi connectivity index (χ4v) is 2.79. The normalized spacial score (nSPS) is 22.0. The largest absolute Gasteiger partial charge is 0.444 e. The Kier molecular flexibility index (Phi) is 5.07. The number of ether oxygens (including phenoxy) is 1. The summed E-state index contributed by atoms with van der Waals surface area (Å²) in [5.74, 6) is 0. The van der Waals surface area contributed by atoms with Crippen molar-refractivity contribution in [2.24, 2.45) is 0 Å². The molecule has 2 rings (SSSR count). The van der Waals surface area contributed by atoms with Gasteiger partial charge in [-0.3, -0.25) is 0 Å². The second-order valence-corrected chi connectivity index (χ2v) is 6.82. The van der Waals surface area contributed by atoms with Gasteiger partial charge < -0.3 is 14.5 Å². The zero-order valence-corrected chi connectivity index (χ0v) is 13.6. The third-order valence-corrected chi connectivity index (χ3v) is 3.81. The molecule has 0 N–H and O–H groups in total. The molecule has 0 bridgehead atoms. The van der Waals surface area contributed by atoms with Crippen molar-refractivity contribution >= 4 is 6.09 Å². The molecule has 1 fully saturated rings. The lowest BCUT2D eigenvalue weighted by atomic mass is 9.93. The molecule has 22 heavy (non-hydrogen) atoms. The lowest BCUT2D eigenvalue weighted by molar-refractivity contribution is 0.00946. The predicted octanol–water partition coefficient (Wildman–Crippen LogP) is 3.92. The van der Waals surface area contributed by atoms with Gasteiger partial charge in [-0.2, -0.15) is 0 Å². The average Bonchev–Trinajstić information content (AvgIpc) is 2.46. The van der Waals surface area contributed by atoms with Gasteiger partial charge >= 0.3 is 6.09 Å². The predicted molar refractivity (Wildman–Crippen MR) is 86.5 cm³/mol. The Morgan fingerprint density at radius 1 is 1.36 bits per heavy atom. The number of piperidine rings is 1. The van der Waals surface area contributed by atoms with Crippen LogP contribution in [0.15, 0.2) is 30.3 Å². The van der Waals surface area contributed by atoms with Gasteiger partial charge in [0.05, 0.1) is 0 Å². The third-order valence-electron chi connectivity index (χ3n) is 3.81. The monoisotopic (exact) mass is 300 g/mol. The van der Waals surface area contributed by atoms with Gasteiger partial charge in [0.2, 0.25) is 6.04 Å². The summed E-state index contributed by atoms with van der Waals surface area (Å²) < 4.78 is 5.52. The van der Waals surface area contributed by atoms with Gasteiger partial charge in [0, 0.05) is 25.4 Å². The molecule has 1 aromatic carbocycles. The Labute approximate surface area is 132 Å². The topological polar surface area (TPSA) is 33.9 Å². The van der Waals surface area contributed by atoms with E-state index in [1.807, 2.05) is 39.0 Å². The highest BCUT2D eigenvalue weighted by atomic mass is 16.6. The van der Waals surface area contributed by atoms with Crippen molar-refractivity contribution in [3.63, 3.8) is 0 Å². The molecule has 0 aromatic heterocycles. The van der Waals surface area contributed by atoms with E-state index in [1.165, 1.54) is 5.56 Å². The minimum atomic E-state index is -0.495. The molecular formula is C18H24N2O2. The highest BCUT2D eigenvalue weighted by Gasteiger charge is 2.36. The zero-order chi connectivity index (χ0) is 16.2. The van der Waals surface area contributed by atoms with Crippen LogP contribution in [0.4, 0.5) is 4.79 Å². The maximum Gasteiger partial charge on any atom is 0.410 e. The van der Waals surface area contributed by atoms with Crippen LogP contribution in [0.2, 0.25) is 0 Å². The first-order valence-electron chi connectivity index (χ1n) is 7.79. The van der Waals surface area contributed by atoms with Gasteiger partial charge in [-0.15, -0.1) is 0 Å². The number of amides is 1. The molecule has 118 valence electrons. The van der Waals surface area contributed by atoms with Gasteiger partial charge in [-0.1, -0.05) is 30.3 Å². The Morgan fingerprint density at radius 3 is 2.64 bits per heavy atom. The fraction of sp³-hybridized carbons (Fsp3) is 0.556. The van der Waals surface area contributed by atoms with Gasteiger partial charge in [0.15, 0.2) is 0 Å². The molecule has 4 heteroatoms. The molecule has 0 spiro atoms. The van der Waals surface area contributed by atoms with Crippen LogP contribution < -0.4 is 0 Å². The van der Waals surface area contributed by atoms with E-state index in [0.717, 1.165) is 19.3 Å². The van der Waals surface area contributed by atoms with Crippen LogP contribution in [0.3, 0.4) is 0 Å². The van der Waals surface area contributed by atoms with Gasteiger partial charge in [0.1, 0.15) is 5.60 Å². The van der Waals surface area contributed by atoms with Crippen molar-refractivity contribution in [1.29, 1.82) is 0 Å². The molecule has 1 aliphatic heterocycles. The summed E-state index contributed by atoms with van der Waals surface area (Å²) in [6.07, 6.45) is 1.95. The van der Waals surface area contributed by atoms with Crippen molar-refractivity contribution in [2.75, 3.05) is 6.54 Å². The number of likely N-dealkylation sites (tertiary alicyclic amines) is 1. The van der Waals surface area contributed by atoms with E-state index in [-0.39, 0.29) is 18.2 Å². The van der Waals surface area contributed by atoms with Crippen LogP contribution in [0.5, 0.6) is 0 Å². The summed E-state index contributed by atoms with van der Waals surface area (Å²) in [6.45, 7) is 13.5. The van der Waals surface area contributed by atoms with Crippen molar-refractivity contribution in [2.45, 2.75) is 57.7 Å². The first-order valence-corrected chi connectivity index (χ1v) is 7.79. The number of hydrogen-bond donors (Lipinski definition) is 0. The van der Waals surface area contributed by atoms with E-state index in [0.29, 0.717) is 6.54 Å². The van der Waals surface area contributed by atoms with Crippen LogP contribution in [-0.2, 0) is 11.2 Å². The number of carbonyl (C=O) groups is 1. The Bertz CT molecular complexity index is 542. The summed E-state index contributed by atoms with van der Waals surface area (Å²) >= 11 is 0. The van der Waals surface area contributed by atoms with Crippen LogP contribution in [-0.4, -0.2) is 35.2 Å². The molecule has 2 atom stereocenters.